The highest BCUT2D eigenvalue weighted by Gasteiger charge is 2.26. The van der Waals surface area contributed by atoms with Gasteiger partial charge in [0.25, 0.3) is 0 Å². The molecule has 1 N–H and O–H groups in total. The van der Waals surface area contributed by atoms with Gasteiger partial charge in [0, 0.05) is 18.4 Å². The van der Waals surface area contributed by atoms with Crippen molar-refractivity contribution in [1.29, 1.82) is 0 Å². The van der Waals surface area contributed by atoms with Crippen molar-refractivity contribution >= 4 is 0 Å². The predicted molar refractivity (Wildman–Crippen MR) is 61.8 cm³/mol. The molecule has 1 aliphatic carbocycles. The number of aliphatic hydroxyl groups is 1. The molecular weight excluding hydrogens is 219 g/mol. The smallest absolute Gasteiger partial charge is 0.143 e. The zero-order chi connectivity index (χ0) is 11.8. The lowest BCUT2D eigenvalue weighted by Gasteiger charge is -2.08. The van der Waals surface area contributed by atoms with Gasteiger partial charge in [-0.05, 0) is 30.5 Å². The summed E-state index contributed by atoms with van der Waals surface area (Å²) in [6, 6.07) is 5.25. The molecular formula is C13H13FN2O. The number of rotatable bonds is 3. The van der Waals surface area contributed by atoms with Crippen LogP contribution in [0.5, 0.6) is 0 Å². The number of aromatic nitrogens is 2. The van der Waals surface area contributed by atoms with Gasteiger partial charge in [0.1, 0.15) is 11.6 Å². The quantitative estimate of drug-likeness (QED) is 0.883. The van der Waals surface area contributed by atoms with Crippen LogP contribution in [0.3, 0.4) is 0 Å². The average molecular weight is 232 g/mol. The topological polar surface area (TPSA) is 38.1 Å². The Morgan fingerprint density at radius 2 is 2.24 bits per heavy atom. The van der Waals surface area contributed by atoms with Gasteiger partial charge in [-0.3, -0.25) is 0 Å². The number of nitrogens with zero attached hydrogens (tertiary/aromatic N) is 2. The number of benzene rings is 1. The maximum atomic E-state index is 13.9. The summed E-state index contributed by atoms with van der Waals surface area (Å²) in [4.78, 5) is 4.22. The SMILES string of the molecule is OCc1ccc(-c2nccn2C2CC2)c(F)c1. The lowest BCUT2D eigenvalue weighted by atomic mass is 10.1. The third kappa shape index (κ3) is 1.85. The van der Waals surface area contributed by atoms with Crippen LogP contribution in [0, 0.1) is 5.82 Å². The van der Waals surface area contributed by atoms with Crippen LogP contribution in [-0.2, 0) is 6.61 Å². The molecule has 0 amide bonds. The number of halogens is 1. The van der Waals surface area contributed by atoms with Crippen LogP contribution in [0.15, 0.2) is 30.6 Å². The molecule has 3 rings (SSSR count). The van der Waals surface area contributed by atoms with Gasteiger partial charge >= 0.3 is 0 Å². The molecule has 0 unspecified atom stereocenters. The lowest BCUT2D eigenvalue weighted by Crippen LogP contribution is -1.98. The van der Waals surface area contributed by atoms with Crippen molar-refractivity contribution < 1.29 is 9.50 Å². The molecule has 0 aliphatic heterocycles. The molecule has 1 aromatic carbocycles. The van der Waals surface area contributed by atoms with E-state index in [1.54, 1.807) is 18.3 Å². The zero-order valence-corrected chi connectivity index (χ0v) is 9.31. The first-order chi connectivity index (χ1) is 8.29. The number of hydrogen-bond acceptors (Lipinski definition) is 2. The maximum Gasteiger partial charge on any atom is 0.143 e. The van der Waals surface area contributed by atoms with Gasteiger partial charge in [-0.15, -0.1) is 0 Å². The summed E-state index contributed by atoms with van der Waals surface area (Å²) < 4.78 is 15.9. The molecule has 4 heteroatoms. The molecule has 1 aliphatic rings. The van der Waals surface area contributed by atoms with E-state index in [1.165, 1.54) is 6.07 Å². The predicted octanol–water partition coefficient (Wildman–Crippen LogP) is 2.52. The maximum absolute atomic E-state index is 13.9. The summed E-state index contributed by atoms with van der Waals surface area (Å²) in [7, 11) is 0. The highest BCUT2D eigenvalue weighted by Crippen LogP contribution is 2.38. The Balaban J connectivity index is 2.05. The lowest BCUT2D eigenvalue weighted by molar-refractivity contribution is 0.281. The highest BCUT2D eigenvalue weighted by atomic mass is 19.1. The molecule has 3 nitrogen and oxygen atoms in total. The van der Waals surface area contributed by atoms with Gasteiger partial charge in [-0.1, -0.05) is 6.07 Å². The second kappa shape index (κ2) is 3.96. The molecule has 0 bridgehead atoms. The summed E-state index contributed by atoms with van der Waals surface area (Å²) in [5.41, 5.74) is 1.08. The minimum Gasteiger partial charge on any atom is -0.392 e. The van der Waals surface area contributed by atoms with E-state index in [-0.39, 0.29) is 12.4 Å². The Kier molecular flexibility index (Phi) is 2.44. The van der Waals surface area contributed by atoms with Crippen molar-refractivity contribution in [1.82, 2.24) is 9.55 Å². The molecule has 0 spiro atoms. The second-order valence-electron chi connectivity index (χ2n) is 4.36. The van der Waals surface area contributed by atoms with E-state index in [4.69, 9.17) is 5.11 Å². The summed E-state index contributed by atoms with van der Waals surface area (Å²) in [5, 5.41) is 8.95. The van der Waals surface area contributed by atoms with E-state index in [0.717, 1.165) is 12.8 Å². The van der Waals surface area contributed by atoms with E-state index < -0.39 is 0 Å². The van der Waals surface area contributed by atoms with Crippen molar-refractivity contribution in [2.45, 2.75) is 25.5 Å². The van der Waals surface area contributed by atoms with Crippen molar-refractivity contribution in [2.24, 2.45) is 0 Å². The summed E-state index contributed by atoms with van der Waals surface area (Å²) >= 11 is 0. The fourth-order valence-corrected chi connectivity index (χ4v) is 2.01. The molecule has 1 aromatic heterocycles. The largest absolute Gasteiger partial charge is 0.392 e. The van der Waals surface area contributed by atoms with Crippen LogP contribution in [-0.4, -0.2) is 14.7 Å². The first kappa shape index (κ1) is 10.5. The molecule has 2 aromatic rings. The summed E-state index contributed by atoms with van der Waals surface area (Å²) in [6.45, 7) is -0.145. The Labute approximate surface area is 98.5 Å². The van der Waals surface area contributed by atoms with Gasteiger partial charge in [-0.2, -0.15) is 0 Å². The minimum absolute atomic E-state index is 0.145. The molecule has 0 atom stereocenters. The highest BCUT2D eigenvalue weighted by molar-refractivity contribution is 5.57. The Morgan fingerprint density at radius 1 is 1.41 bits per heavy atom. The molecule has 1 fully saturated rings. The fourth-order valence-electron chi connectivity index (χ4n) is 2.01. The van der Waals surface area contributed by atoms with Crippen LogP contribution in [0.2, 0.25) is 0 Å². The van der Waals surface area contributed by atoms with Crippen molar-refractivity contribution in [2.75, 3.05) is 0 Å². The van der Waals surface area contributed by atoms with E-state index in [1.807, 2.05) is 10.8 Å². The molecule has 1 saturated carbocycles. The van der Waals surface area contributed by atoms with Gasteiger partial charge in [0.15, 0.2) is 0 Å². The standard InChI is InChI=1S/C13H13FN2O/c14-12-7-9(8-17)1-4-11(12)13-15-5-6-16(13)10-2-3-10/h1,4-7,10,17H,2-3,8H2. The van der Waals surface area contributed by atoms with E-state index in [2.05, 4.69) is 4.98 Å². The van der Waals surface area contributed by atoms with Crippen molar-refractivity contribution in [3.63, 3.8) is 0 Å². The normalized spacial score (nSPS) is 15.2. The molecule has 0 radical (unpaired) electrons. The number of aliphatic hydroxyl groups excluding tert-OH is 1. The second-order valence-corrected chi connectivity index (χ2v) is 4.36. The monoisotopic (exact) mass is 232 g/mol. The van der Waals surface area contributed by atoms with Crippen LogP contribution in [0.1, 0.15) is 24.4 Å². The van der Waals surface area contributed by atoms with E-state index in [0.29, 0.717) is 23.0 Å². The molecule has 1 heterocycles. The van der Waals surface area contributed by atoms with Crippen molar-refractivity contribution in [3.8, 4) is 11.4 Å². The average Bonchev–Trinajstić information content (AvgIpc) is 3.08. The molecule has 0 saturated heterocycles. The first-order valence-corrected chi connectivity index (χ1v) is 5.72. The Morgan fingerprint density at radius 3 is 2.88 bits per heavy atom. The minimum atomic E-state index is -0.329. The van der Waals surface area contributed by atoms with Crippen LogP contribution >= 0.6 is 0 Å². The van der Waals surface area contributed by atoms with Crippen LogP contribution in [0.25, 0.3) is 11.4 Å². The fraction of sp³-hybridized carbons (Fsp3) is 0.308. The third-order valence-electron chi connectivity index (χ3n) is 3.07. The Bertz CT molecular complexity index is 546. The van der Waals surface area contributed by atoms with Crippen LogP contribution < -0.4 is 0 Å². The number of hydrogen-bond donors (Lipinski definition) is 1. The van der Waals surface area contributed by atoms with E-state index >= 15 is 0 Å². The van der Waals surface area contributed by atoms with Gasteiger partial charge < -0.3 is 9.67 Å². The molecule has 88 valence electrons. The Hall–Kier alpha value is -1.68. The summed E-state index contributed by atoms with van der Waals surface area (Å²) in [5.74, 6) is 0.346. The first-order valence-electron chi connectivity index (χ1n) is 5.72. The summed E-state index contributed by atoms with van der Waals surface area (Å²) in [6.07, 6.45) is 5.87. The van der Waals surface area contributed by atoms with Gasteiger partial charge in [0.05, 0.1) is 12.2 Å². The molecule has 17 heavy (non-hydrogen) atoms. The van der Waals surface area contributed by atoms with E-state index in [9.17, 15) is 4.39 Å². The third-order valence-corrected chi connectivity index (χ3v) is 3.07. The number of imidazole rings is 1. The van der Waals surface area contributed by atoms with Gasteiger partial charge in [-0.25, -0.2) is 9.37 Å². The van der Waals surface area contributed by atoms with Gasteiger partial charge in [0.2, 0.25) is 0 Å². The zero-order valence-electron chi connectivity index (χ0n) is 9.31. The van der Waals surface area contributed by atoms with Crippen LogP contribution in [0.4, 0.5) is 4.39 Å². The van der Waals surface area contributed by atoms with Crippen molar-refractivity contribution in [3.05, 3.63) is 42.0 Å².